The van der Waals surface area contributed by atoms with Crippen molar-refractivity contribution in [3.05, 3.63) is 65.7 Å². The number of benzene rings is 2. The second-order valence-electron chi connectivity index (χ2n) is 4.78. The van der Waals surface area contributed by atoms with Crippen LogP contribution in [0.2, 0.25) is 0 Å². The molecule has 0 amide bonds. The molecule has 0 aliphatic heterocycles. The van der Waals surface area contributed by atoms with Gasteiger partial charge in [-0.05, 0) is 42.3 Å². The van der Waals surface area contributed by atoms with E-state index in [1.54, 1.807) is 48.5 Å². The van der Waals surface area contributed by atoms with Crippen LogP contribution in [0.3, 0.4) is 0 Å². The highest BCUT2D eigenvalue weighted by atomic mass is 16.6. The lowest BCUT2D eigenvalue weighted by Crippen LogP contribution is -2.06. The normalized spacial score (nSPS) is 10.3. The molecule has 0 aromatic heterocycles. The Labute approximate surface area is 135 Å². The van der Waals surface area contributed by atoms with Crippen LogP contribution < -0.4 is 9.47 Å². The molecule has 0 aliphatic rings. The van der Waals surface area contributed by atoms with E-state index in [0.29, 0.717) is 23.7 Å². The first-order valence-electron chi connectivity index (χ1n) is 7.35. The van der Waals surface area contributed by atoms with Gasteiger partial charge < -0.3 is 9.47 Å². The van der Waals surface area contributed by atoms with Gasteiger partial charge in [-0.15, -0.1) is 0 Å². The second kappa shape index (κ2) is 8.40. The highest BCUT2D eigenvalue weighted by Gasteiger charge is 2.07. The van der Waals surface area contributed by atoms with Crippen LogP contribution in [0.4, 0.5) is 0 Å². The summed E-state index contributed by atoms with van der Waals surface area (Å²) in [7, 11) is 0. The van der Waals surface area contributed by atoms with Crippen LogP contribution in [0.1, 0.15) is 24.5 Å². The summed E-state index contributed by atoms with van der Waals surface area (Å²) in [6.07, 6.45) is 3.86. The zero-order valence-electron chi connectivity index (χ0n) is 12.9. The predicted octanol–water partition coefficient (Wildman–Crippen LogP) is 3.97. The van der Waals surface area contributed by atoms with E-state index < -0.39 is 5.97 Å². The van der Waals surface area contributed by atoms with Crippen molar-refractivity contribution in [2.75, 3.05) is 6.61 Å². The average molecular weight is 307 g/mol. The number of carbonyl (C=O) groups is 1. The molecule has 4 nitrogen and oxygen atoms in total. The lowest BCUT2D eigenvalue weighted by molar-refractivity contribution is -0.129. The van der Waals surface area contributed by atoms with Crippen molar-refractivity contribution in [2.45, 2.75) is 13.3 Å². The minimum Gasteiger partial charge on any atom is -0.490 e. The number of hydrogen-bond acceptors (Lipinski definition) is 4. The first kappa shape index (κ1) is 16.3. The molecule has 2 aromatic carbocycles. The Bertz CT molecular complexity index is 727. The molecule has 2 aromatic rings. The topological polar surface area (TPSA) is 59.3 Å². The highest BCUT2D eigenvalue weighted by molar-refractivity contribution is 5.89. The van der Waals surface area contributed by atoms with Crippen LogP contribution in [0.25, 0.3) is 6.08 Å². The molecule has 0 atom stereocenters. The lowest BCUT2D eigenvalue weighted by atomic mass is 10.1. The smallest absolute Gasteiger partial charge is 0.336 e. The van der Waals surface area contributed by atoms with Gasteiger partial charge in [0.25, 0.3) is 0 Å². The minimum absolute atomic E-state index is 0.399. The van der Waals surface area contributed by atoms with Gasteiger partial charge in [-0.25, -0.2) is 4.79 Å². The Morgan fingerprint density at radius 2 is 1.83 bits per heavy atom. The molecule has 0 unspecified atom stereocenters. The number of para-hydroxylation sites is 2. The SMILES string of the molecule is CCCOc1ccccc1OC(=O)/C=C/c1ccc(C#N)cc1. The maximum absolute atomic E-state index is 11.9. The molecule has 0 heterocycles. The van der Waals surface area contributed by atoms with Gasteiger partial charge >= 0.3 is 5.97 Å². The van der Waals surface area contributed by atoms with Crippen LogP contribution in [0.5, 0.6) is 11.5 Å². The standard InChI is InChI=1S/C19H17NO3/c1-2-13-22-17-5-3-4-6-18(17)23-19(21)12-11-15-7-9-16(14-20)10-8-15/h3-12H,2,13H2,1H3/b12-11+. The molecule has 0 aliphatic carbocycles. The molecule has 23 heavy (non-hydrogen) atoms. The van der Waals surface area contributed by atoms with Gasteiger partial charge in [0, 0.05) is 6.08 Å². The molecular weight excluding hydrogens is 290 g/mol. The fourth-order valence-corrected chi connectivity index (χ4v) is 1.84. The summed E-state index contributed by atoms with van der Waals surface area (Å²) in [6.45, 7) is 2.57. The summed E-state index contributed by atoms with van der Waals surface area (Å²) in [6, 6.07) is 16.0. The molecule has 116 valence electrons. The molecule has 0 saturated carbocycles. The first-order valence-corrected chi connectivity index (χ1v) is 7.35. The Hall–Kier alpha value is -3.06. The van der Waals surface area contributed by atoms with Crippen molar-refractivity contribution in [3.63, 3.8) is 0 Å². The van der Waals surface area contributed by atoms with Gasteiger partial charge in [-0.1, -0.05) is 31.2 Å². The average Bonchev–Trinajstić information content (AvgIpc) is 2.59. The minimum atomic E-state index is -0.484. The third kappa shape index (κ3) is 5.01. The largest absolute Gasteiger partial charge is 0.490 e. The molecule has 0 radical (unpaired) electrons. The van der Waals surface area contributed by atoms with Crippen LogP contribution in [-0.2, 0) is 4.79 Å². The van der Waals surface area contributed by atoms with Crippen molar-refractivity contribution >= 4 is 12.0 Å². The summed E-state index contributed by atoms with van der Waals surface area (Å²) in [5.74, 6) is 0.465. The summed E-state index contributed by atoms with van der Waals surface area (Å²) in [5, 5.41) is 8.74. The number of nitriles is 1. The van der Waals surface area contributed by atoms with Gasteiger partial charge in [0.1, 0.15) is 0 Å². The van der Waals surface area contributed by atoms with Crippen molar-refractivity contribution in [1.29, 1.82) is 5.26 Å². The van der Waals surface area contributed by atoms with Crippen LogP contribution >= 0.6 is 0 Å². The van der Waals surface area contributed by atoms with Gasteiger partial charge in [0.15, 0.2) is 11.5 Å². The van der Waals surface area contributed by atoms with Gasteiger partial charge in [0.2, 0.25) is 0 Å². The van der Waals surface area contributed by atoms with Crippen molar-refractivity contribution < 1.29 is 14.3 Å². The summed E-state index contributed by atoms with van der Waals surface area (Å²) in [4.78, 5) is 11.9. The molecule has 0 spiro atoms. The Kier molecular flexibility index (Phi) is 5.96. The Balaban J connectivity index is 2.01. The summed E-state index contributed by atoms with van der Waals surface area (Å²) in [5.41, 5.74) is 1.39. The van der Waals surface area contributed by atoms with Crippen molar-refractivity contribution in [2.24, 2.45) is 0 Å². The van der Waals surface area contributed by atoms with E-state index in [-0.39, 0.29) is 0 Å². The van der Waals surface area contributed by atoms with E-state index in [1.807, 2.05) is 19.1 Å². The monoisotopic (exact) mass is 307 g/mol. The third-order valence-electron chi connectivity index (χ3n) is 2.97. The fourth-order valence-electron chi connectivity index (χ4n) is 1.84. The van der Waals surface area contributed by atoms with E-state index in [1.165, 1.54) is 6.08 Å². The van der Waals surface area contributed by atoms with Crippen molar-refractivity contribution in [3.8, 4) is 17.6 Å². The maximum Gasteiger partial charge on any atom is 0.336 e. The molecule has 2 rings (SSSR count). The lowest BCUT2D eigenvalue weighted by Gasteiger charge is -2.09. The number of hydrogen-bond donors (Lipinski definition) is 0. The zero-order chi connectivity index (χ0) is 16.5. The zero-order valence-corrected chi connectivity index (χ0v) is 12.9. The van der Waals surface area contributed by atoms with E-state index in [2.05, 4.69) is 0 Å². The van der Waals surface area contributed by atoms with E-state index >= 15 is 0 Å². The number of carbonyl (C=O) groups excluding carboxylic acids is 1. The maximum atomic E-state index is 11.9. The number of rotatable bonds is 6. The molecule has 0 bridgehead atoms. The van der Waals surface area contributed by atoms with Gasteiger partial charge in [-0.2, -0.15) is 5.26 Å². The summed E-state index contributed by atoms with van der Waals surface area (Å²) >= 11 is 0. The van der Waals surface area contributed by atoms with Crippen LogP contribution in [-0.4, -0.2) is 12.6 Å². The Morgan fingerprint density at radius 1 is 1.13 bits per heavy atom. The number of ether oxygens (including phenoxy) is 2. The van der Waals surface area contributed by atoms with Crippen LogP contribution in [0.15, 0.2) is 54.6 Å². The van der Waals surface area contributed by atoms with Gasteiger partial charge in [-0.3, -0.25) is 0 Å². The van der Waals surface area contributed by atoms with E-state index in [9.17, 15) is 4.79 Å². The first-order chi connectivity index (χ1) is 11.2. The molecule has 0 saturated heterocycles. The van der Waals surface area contributed by atoms with Gasteiger partial charge in [0.05, 0.1) is 18.2 Å². The molecular formula is C19H17NO3. The fraction of sp³-hybridized carbons (Fsp3) is 0.158. The quantitative estimate of drug-likeness (QED) is 0.460. The van der Waals surface area contributed by atoms with Crippen molar-refractivity contribution in [1.82, 2.24) is 0 Å². The van der Waals surface area contributed by atoms with Crippen LogP contribution in [0, 0.1) is 11.3 Å². The molecule has 0 N–H and O–H groups in total. The predicted molar refractivity (Wildman–Crippen MR) is 88.1 cm³/mol. The number of esters is 1. The number of nitrogens with zero attached hydrogens (tertiary/aromatic N) is 1. The van der Waals surface area contributed by atoms with E-state index in [0.717, 1.165) is 12.0 Å². The molecule has 0 fully saturated rings. The second-order valence-corrected chi connectivity index (χ2v) is 4.78. The highest BCUT2D eigenvalue weighted by Crippen LogP contribution is 2.26. The third-order valence-corrected chi connectivity index (χ3v) is 2.97. The molecule has 4 heteroatoms. The van der Waals surface area contributed by atoms with E-state index in [4.69, 9.17) is 14.7 Å². The summed E-state index contributed by atoms with van der Waals surface area (Å²) < 4.78 is 10.8. The Morgan fingerprint density at radius 3 is 2.48 bits per heavy atom.